The molecule has 1 unspecified atom stereocenters. The number of rotatable bonds is 6. The van der Waals surface area contributed by atoms with Crippen molar-refractivity contribution in [1.82, 2.24) is 20.0 Å². The smallest absolute Gasteiger partial charge is 0.317 e. The van der Waals surface area contributed by atoms with Crippen molar-refractivity contribution in [2.45, 2.75) is 32.8 Å². The molecule has 1 saturated heterocycles. The minimum Gasteiger partial charge on any atom is -0.488 e. The third-order valence-electron chi connectivity index (χ3n) is 5.55. The zero-order valence-electron chi connectivity index (χ0n) is 17.0. The first kappa shape index (κ1) is 20.5. The van der Waals surface area contributed by atoms with Crippen molar-refractivity contribution in [3.05, 3.63) is 29.8 Å². The number of benzene rings is 1. The number of para-hydroxylation sites is 1. The lowest BCUT2D eigenvalue weighted by atomic mass is 10.1. The third-order valence-corrected chi connectivity index (χ3v) is 5.55. The Hall–Kier alpha value is -2.28. The number of carbonyl (C=O) groups excluding carboxylic acids is 2. The molecule has 1 aromatic carbocycles. The van der Waals surface area contributed by atoms with E-state index in [9.17, 15) is 9.59 Å². The van der Waals surface area contributed by atoms with Crippen LogP contribution in [-0.2, 0) is 11.2 Å². The SMILES string of the molecule is CCN(CC)C(=O)CN1CCCN(C(=O)NCC2Cc3ccccc3O2)CC1. The van der Waals surface area contributed by atoms with Gasteiger partial charge in [-0.25, -0.2) is 4.79 Å². The Kier molecular flexibility index (Phi) is 7.14. The molecule has 0 aliphatic carbocycles. The Morgan fingerprint density at radius 3 is 2.68 bits per heavy atom. The largest absolute Gasteiger partial charge is 0.488 e. The number of likely N-dealkylation sites (N-methyl/N-ethyl adjacent to an activating group) is 1. The lowest BCUT2D eigenvalue weighted by Crippen LogP contribution is -2.45. The molecule has 1 fully saturated rings. The van der Waals surface area contributed by atoms with Gasteiger partial charge in [0, 0.05) is 45.7 Å². The van der Waals surface area contributed by atoms with Gasteiger partial charge in [0.25, 0.3) is 0 Å². The molecule has 154 valence electrons. The summed E-state index contributed by atoms with van der Waals surface area (Å²) < 4.78 is 5.89. The molecule has 0 saturated carbocycles. The van der Waals surface area contributed by atoms with Gasteiger partial charge in [-0.05, 0) is 31.9 Å². The van der Waals surface area contributed by atoms with Crippen LogP contribution in [0.1, 0.15) is 25.8 Å². The molecule has 0 aromatic heterocycles. The molecule has 2 aliphatic rings. The van der Waals surface area contributed by atoms with Gasteiger partial charge in [-0.1, -0.05) is 18.2 Å². The van der Waals surface area contributed by atoms with Gasteiger partial charge in [0.15, 0.2) is 0 Å². The summed E-state index contributed by atoms with van der Waals surface area (Å²) in [6, 6.07) is 7.97. The summed E-state index contributed by atoms with van der Waals surface area (Å²) in [5.41, 5.74) is 1.20. The molecule has 3 rings (SSSR count). The molecule has 1 atom stereocenters. The minimum atomic E-state index is -0.0449. The van der Waals surface area contributed by atoms with Crippen molar-refractivity contribution in [3.8, 4) is 5.75 Å². The van der Waals surface area contributed by atoms with Gasteiger partial charge in [-0.3, -0.25) is 9.69 Å². The molecular formula is C21H32N4O3. The van der Waals surface area contributed by atoms with Crippen LogP contribution in [0.4, 0.5) is 4.79 Å². The molecular weight excluding hydrogens is 356 g/mol. The van der Waals surface area contributed by atoms with E-state index in [2.05, 4.69) is 16.3 Å². The maximum Gasteiger partial charge on any atom is 0.317 e. The first-order chi connectivity index (χ1) is 13.6. The van der Waals surface area contributed by atoms with Crippen LogP contribution < -0.4 is 10.1 Å². The molecule has 1 N–H and O–H groups in total. The summed E-state index contributed by atoms with van der Waals surface area (Å²) in [4.78, 5) is 30.8. The van der Waals surface area contributed by atoms with Crippen molar-refractivity contribution in [1.29, 1.82) is 0 Å². The maximum atomic E-state index is 12.6. The van der Waals surface area contributed by atoms with Gasteiger partial charge < -0.3 is 19.9 Å². The van der Waals surface area contributed by atoms with Crippen LogP contribution in [0.25, 0.3) is 0 Å². The molecule has 2 aliphatic heterocycles. The fourth-order valence-corrected chi connectivity index (χ4v) is 3.88. The summed E-state index contributed by atoms with van der Waals surface area (Å²) in [7, 11) is 0. The predicted octanol–water partition coefficient (Wildman–Crippen LogP) is 1.58. The van der Waals surface area contributed by atoms with Gasteiger partial charge >= 0.3 is 6.03 Å². The monoisotopic (exact) mass is 388 g/mol. The number of nitrogens with zero attached hydrogens (tertiary/aromatic N) is 3. The van der Waals surface area contributed by atoms with E-state index in [0.29, 0.717) is 26.2 Å². The molecule has 3 amide bonds. The van der Waals surface area contributed by atoms with Crippen molar-refractivity contribution < 1.29 is 14.3 Å². The lowest BCUT2D eigenvalue weighted by molar-refractivity contribution is -0.132. The summed E-state index contributed by atoms with van der Waals surface area (Å²) in [5, 5.41) is 3.02. The van der Waals surface area contributed by atoms with Crippen LogP contribution in [0.2, 0.25) is 0 Å². The van der Waals surface area contributed by atoms with Crippen LogP contribution in [0.15, 0.2) is 24.3 Å². The molecule has 1 aromatic rings. The molecule has 0 spiro atoms. The van der Waals surface area contributed by atoms with Crippen LogP contribution in [0, 0.1) is 0 Å². The molecule has 7 nitrogen and oxygen atoms in total. The standard InChI is InChI=1S/C21H32N4O3/c1-3-24(4-2)20(26)16-23-10-7-11-25(13-12-23)21(27)22-15-18-14-17-8-5-6-9-19(17)28-18/h5-6,8-9,18H,3-4,7,10-16H2,1-2H3,(H,22,27). The van der Waals surface area contributed by atoms with E-state index in [-0.39, 0.29) is 18.0 Å². The fourth-order valence-electron chi connectivity index (χ4n) is 3.88. The third kappa shape index (κ3) is 5.16. The minimum absolute atomic E-state index is 0.00322. The zero-order valence-corrected chi connectivity index (χ0v) is 17.0. The first-order valence-electron chi connectivity index (χ1n) is 10.4. The van der Waals surface area contributed by atoms with Gasteiger partial charge in [-0.2, -0.15) is 0 Å². The van der Waals surface area contributed by atoms with Gasteiger partial charge in [-0.15, -0.1) is 0 Å². The van der Waals surface area contributed by atoms with E-state index in [1.54, 1.807) is 0 Å². The van der Waals surface area contributed by atoms with Crippen molar-refractivity contribution in [3.63, 3.8) is 0 Å². The number of nitrogens with one attached hydrogen (secondary N) is 1. The number of hydrogen-bond donors (Lipinski definition) is 1. The first-order valence-corrected chi connectivity index (χ1v) is 10.4. The van der Waals surface area contributed by atoms with E-state index in [0.717, 1.165) is 44.8 Å². The Labute approximate surface area is 167 Å². The fraction of sp³-hybridized carbons (Fsp3) is 0.619. The molecule has 7 heteroatoms. The maximum absolute atomic E-state index is 12.6. The summed E-state index contributed by atoms with van der Waals surface area (Å²) in [5.74, 6) is 1.09. The van der Waals surface area contributed by atoms with Crippen LogP contribution >= 0.6 is 0 Å². The second-order valence-electron chi connectivity index (χ2n) is 7.42. The average molecular weight is 389 g/mol. The van der Waals surface area contributed by atoms with E-state index in [1.807, 2.05) is 41.8 Å². The van der Waals surface area contributed by atoms with Crippen LogP contribution in [0.5, 0.6) is 5.75 Å². The molecule has 0 bridgehead atoms. The van der Waals surface area contributed by atoms with E-state index >= 15 is 0 Å². The number of ether oxygens (including phenoxy) is 1. The zero-order chi connectivity index (χ0) is 19.9. The van der Waals surface area contributed by atoms with Crippen molar-refractivity contribution >= 4 is 11.9 Å². The number of urea groups is 1. The summed E-state index contributed by atoms with van der Waals surface area (Å²) in [6.45, 7) is 9.36. The Morgan fingerprint density at radius 1 is 1.14 bits per heavy atom. The second-order valence-corrected chi connectivity index (χ2v) is 7.42. The Bertz CT molecular complexity index is 652. The van der Waals surface area contributed by atoms with Crippen molar-refractivity contribution in [2.24, 2.45) is 0 Å². The normalized spacial score (nSPS) is 19.5. The number of hydrogen-bond acceptors (Lipinski definition) is 4. The quantitative estimate of drug-likeness (QED) is 0.804. The van der Waals surface area contributed by atoms with E-state index < -0.39 is 0 Å². The highest BCUT2D eigenvalue weighted by Crippen LogP contribution is 2.27. The lowest BCUT2D eigenvalue weighted by Gasteiger charge is -2.25. The van der Waals surface area contributed by atoms with Gasteiger partial charge in [0.05, 0.1) is 13.1 Å². The molecule has 2 heterocycles. The van der Waals surface area contributed by atoms with Gasteiger partial charge in [0.2, 0.25) is 5.91 Å². The van der Waals surface area contributed by atoms with Crippen LogP contribution in [-0.4, -0.2) is 85.1 Å². The topological polar surface area (TPSA) is 65.1 Å². The molecule has 28 heavy (non-hydrogen) atoms. The summed E-state index contributed by atoms with van der Waals surface area (Å²) in [6.07, 6.45) is 1.71. The molecule has 0 radical (unpaired) electrons. The highest BCUT2D eigenvalue weighted by Gasteiger charge is 2.25. The van der Waals surface area contributed by atoms with Gasteiger partial charge in [0.1, 0.15) is 11.9 Å². The summed E-state index contributed by atoms with van der Waals surface area (Å²) >= 11 is 0. The second kappa shape index (κ2) is 9.78. The average Bonchev–Trinajstić information content (AvgIpc) is 2.98. The van der Waals surface area contributed by atoms with E-state index in [4.69, 9.17) is 4.74 Å². The Balaban J connectivity index is 1.41. The number of fused-ring (bicyclic) bond motifs is 1. The van der Waals surface area contributed by atoms with Crippen LogP contribution in [0.3, 0.4) is 0 Å². The number of carbonyl (C=O) groups is 2. The number of amides is 3. The van der Waals surface area contributed by atoms with E-state index in [1.165, 1.54) is 5.56 Å². The van der Waals surface area contributed by atoms with Crippen molar-refractivity contribution in [2.75, 3.05) is 52.4 Å². The Morgan fingerprint density at radius 2 is 1.93 bits per heavy atom. The predicted molar refractivity (Wildman–Crippen MR) is 109 cm³/mol. The highest BCUT2D eigenvalue weighted by molar-refractivity contribution is 5.78. The highest BCUT2D eigenvalue weighted by atomic mass is 16.5.